The molecule has 0 spiro atoms. The number of hydrogen-bond donors (Lipinski definition) is 1. The van der Waals surface area contributed by atoms with E-state index in [1.807, 2.05) is 7.05 Å². The highest BCUT2D eigenvalue weighted by Crippen LogP contribution is 2.27. The second-order valence-corrected chi connectivity index (χ2v) is 9.44. The van der Waals surface area contributed by atoms with Gasteiger partial charge >= 0.3 is 0 Å². The SMILES string of the molecule is CN1CCN(S(=O)(=O)N2CCN(Cc3cccc4c3NCC4)CC2)CC1. The molecule has 0 unspecified atom stereocenters. The highest BCUT2D eigenvalue weighted by Gasteiger charge is 2.33. The van der Waals surface area contributed by atoms with Crippen LogP contribution >= 0.6 is 0 Å². The number of piperazine rings is 2. The van der Waals surface area contributed by atoms with Crippen LogP contribution in [0.3, 0.4) is 0 Å². The summed E-state index contributed by atoms with van der Waals surface area (Å²) in [5.74, 6) is 0. The highest BCUT2D eigenvalue weighted by molar-refractivity contribution is 7.86. The van der Waals surface area contributed by atoms with Gasteiger partial charge < -0.3 is 10.2 Å². The van der Waals surface area contributed by atoms with E-state index in [9.17, 15) is 8.42 Å². The van der Waals surface area contributed by atoms with Crippen molar-refractivity contribution in [2.24, 2.45) is 0 Å². The van der Waals surface area contributed by atoms with Gasteiger partial charge in [-0.2, -0.15) is 17.0 Å². The molecule has 0 saturated carbocycles. The maximum atomic E-state index is 12.9. The number of nitrogens with one attached hydrogen (secondary N) is 1. The first kappa shape index (κ1) is 18.2. The van der Waals surface area contributed by atoms with Crippen molar-refractivity contribution >= 4 is 15.9 Å². The lowest BCUT2D eigenvalue weighted by molar-refractivity contribution is 0.165. The van der Waals surface area contributed by atoms with Gasteiger partial charge in [0, 0.05) is 71.1 Å². The first-order valence-corrected chi connectivity index (χ1v) is 10.9. The van der Waals surface area contributed by atoms with Gasteiger partial charge in [-0.05, 0) is 24.6 Å². The minimum Gasteiger partial charge on any atom is -0.384 e. The van der Waals surface area contributed by atoms with Crippen molar-refractivity contribution in [3.05, 3.63) is 29.3 Å². The Balaban J connectivity index is 1.35. The van der Waals surface area contributed by atoms with Gasteiger partial charge in [0.15, 0.2) is 0 Å². The molecule has 3 heterocycles. The molecule has 1 aromatic carbocycles. The minimum atomic E-state index is -3.31. The number of benzene rings is 1. The largest absolute Gasteiger partial charge is 0.384 e. The van der Waals surface area contributed by atoms with Gasteiger partial charge in [-0.1, -0.05) is 18.2 Å². The maximum absolute atomic E-state index is 12.9. The zero-order valence-electron chi connectivity index (χ0n) is 15.5. The van der Waals surface area contributed by atoms with E-state index >= 15 is 0 Å². The van der Waals surface area contributed by atoms with Crippen molar-refractivity contribution in [3.63, 3.8) is 0 Å². The van der Waals surface area contributed by atoms with Crippen LogP contribution in [0.2, 0.25) is 0 Å². The smallest absolute Gasteiger partial charge is 0.282 e. The van der Waals surface area contributed by atoms with Crippen LogP contribution in [0.25, 0.3) is 0 Å². The van der Waals surface area contributed by atoms with Gasteiger partial charge in [-0.15, -0.1) is 0 Å². The summed E-state index contributed by atoms with van der Waals surface area (Å²) in [6, 6.07) is 6.51. The Morgan fingerprint density at radius 1 is 0.962 bits per heavy atom. The number of para-hydroxylation sites is 1. The molecule has 26 heavy (non-hydrogen) atoms. The molecule has 2 fully saturated rings. The maximum Gasteiger partial charge on any atom is 0.282 e. The lowest BCUT2D eigenvalue weighted by Crippen LogP contribution is -2.56. The van der Waals surface area contributed by atoms with Gasteiger partial charge in [0.2, 0.25) is 0 Å². The van der Waals surface area contributed by atoms with Crippen molar-refractivity contribution in [2.45, 2.75) is 13.0 Å². The van der Waals surface area contributed by atoms with E-state index in [-0.39, 0.29) is 0 Å². The number of nitrogens with zero attached hydrogens (tertiary/aromatic N) is 4. The average molecular weight is 380 g/mol. The molecule has 3 aliphatic rings. The predicted octanol–water partition coefficient (Wildman–Crippen LogP) is 0.264. The van der Waals surface area contributed by atoms with Gasteiger partial charge in [-0.25, -0.2) is 0 Å². The Hall–Kier alpha value is -1.19. The summed E-state index contributed by atoms with van der Waals surface area (Å²) in [5.41, 5.74) is 4.02. The number of anilines is 1. The normalized spacial score (nSPS) is 23.7. The molecule has 7 nitrogen and oxygen atoms in total. The summed E-state index contributed by atoms with van der Waals surface area (Å²) in [6.45, 7) is 7.46. The summed E-state index contributed by atoms with van der Waals surface area (Å²) < 4.78 is 29.1. The third-order valence-corrected chi connectivity index (χ3v) is 7.81. The van der Waals surface area contributed by atoms with E-state index in [1.165, 1.54) is 16.8 Å². The van der Waals surface area contributed by atoms with E-state index in [1.54, 1.807) is 8.61 Å². The molecule has 144 valence electrons. The third kappa shape index (κ3) is 3.61. The molecule has 0 aliphatic carbocycles. The number of hydrogen-bond acceptors (Lipinski definition) is 5. The summed E-state index contributed by atoms with van der Waals surface area (Å²) in [4.78, 5) is 4.54. The van der Waals surface area contributed by atoms with Crippen molar-refractivity contribution < 1.29 is 8.42 Å². The second kappa shape index (κ2) is 7.44. The van der Waals surface area contributed by atoms with Crippen LogP contribution in [0.5, 0.6) is 0 Å². The number of rotatable bonds is 4. The van der Waals surface area contributed by atoms with Crippen LogP contribution in [0.1, 0.15) is 11.1 Å². The molecule has 0 radical (unpaired) electrons. The van der Waals surface area contributed by atoms with Crippen molar-refractivity contribution in [1.82, 2.24) is 18.4 Å². The van der Waals surface area contributed by atoms with Crippen molar-refractivity contribution in [3.8, 4) is 0 Å². The van der Waals surface area contributed by atoms with Gasteiger partial charge in [0.25, 0.3) is 10.2 Å². The Labute approximate surface area is 156 Å². The summed E-state index contributed by atoms with van der Waals surface area (Å²) >= 11 is 0. The molecule has 3 aliphatic heterocycles. The molecule has 0 amide bonds. The van der Waals surface area contributed by atoms with Crippen LogP contribution in [0.15, 0.2) is 18.2 Å². The summed E-state index contributed by atoms with van der Waals surface area (Å²) in [5, 5.41) is 3.49. The standard InChI is InChI=1S/C18H29N5O2S/c1-20-7-11-22(12-8-20)26(24,25)23-13-9-21(10-14-23)15-17-4-2-3-16-5-6-19-18(16)17/h2-4,19H,5-15H2,1H3. The average Bonchev–Trinajstić information content (AvgIpc) is 3.12. The molecule has 0 bridgehead atoms. The zero-order valence-corrected chi connectivity index (χ0v) is 16.3. The van der Waals surface area contributed by atoms with E-state index in [2.05, 4.69) is 33.3 Å². The molecule has 1 N–H and O–H groups in total. The van der Waals surface area contributed by atoms with Crippen LogP contribution in [0, 0.1) is 0 Å². The fourth-order valence-electron chi connectivity index (χ4n) is 4.08. The Morgan fingerprint density at radius 3 is 2.31 bits per heavy atom. The third-order valence-electron chi connectivity index (χ3n) is 5.77. The Morgan fingerprint density at radius 2 is 1.62 bits per heavy atom. The van der Waals surface area contributed by atoms with E-state index in [4.69, 9.17) is 0 Å². The fraction of sp³-hybridized carbons (Fsp3) is 0.667. The first-order chi connectivity index (χ1) is 12.5. The lowest BCUT2D eigenvalue weighted by atomic mass is 10.1. The molecule has 0 atom stereocenters. The Kier molecular flexibility index (Phi) is 5.20. The van der Waals surface area contributed by atoms with E-state index in [0.29, 0.717) is 26.2 Å². The van der Waals surface area contributed by atoms with Gasteiger partial charge in [0.1, 0.15) is 0 Å². The topological polar surface area (TPSA) is 59.1 Å². The second-order valence-electron chi connectivity index (χ2n) is 7.51. The molecule has 1 aromatic rings. The van der Waals surface area contributed by atoms with Crippen LogP contribution in [-0.4, -0.2) is 92.8 Å². The minimum absolute atomic E-state index is 0.580. The van der Waals surface area contributed by atoms with Crippen LogP contribution in [-0.2, 0) is 23.2 Å². The quantitative estimate of drug-likeness (QED) is 0.814. The van der Waals surface area contributed by atoms with E-state index in [0.717, 1.165) is 45.7 Å². The number of likely N-dealkylation sites (N-methyl/N-ethyl adjacent to an activating group) is 1. The van der Waals surface area contributed by atoms with Crippen molar-refractivity contribution in [2.75, 3.05) is 71.3 Å². The highest BCUT2D eigenvalue weighted by atomic mass is 32.2. The monoisotopic (exact) mass is 379 g/mol. The first-order valence-electron chi connectivity index (χ1n) is 9.55. The fourth-order valence-corrected chi connectivity index (χ4v) is 5.66. The molecule has 4 rings (SSSR count). The van der Waals surface area contributed by atoms with Gasteiger partial charge in [-0.3, -0.25) is 4.90 Å². The van der Waals surface area contributed by atoms with Gasteiger partial charge in [0.05, 0.1) is 0 Å². The van der Waals surface area contributed by atoms with Crippen LogP contribution in [0.4, 0.5) is 5.69 Å². The molecule has 2 saturated heterocycles. The molecular weight excluding hydrogens is 350 g/mol. The lowest BCUT2D eigenvalue weighted by Gasteiger charge is -2.39. The van der Waals surface area contributed by atoms with Crippen molar-refractivity contribution in [1.29, 1.82) is 0 Å². The van der Waals surface area contributed by atoms with E-state index < -0.39 is 10.2 Å². The Bertz CT molecular complexity index is 738. The number of fused-ring (bicyclic) bond motifs is 1. The molecule has 0 aromatic heterocycles. The summed E-state index contributed by atoms with van der Waals surface area (Å²) in [6.07, 6.45) is 1.10. The summed E-state index contributed by atoms with van der Waals surface area (Å²) in [7, 11) is -1.27. The van der Waals surface area contributed by atoms with Crippen LogP contribution < -0.4 is 5.32 Å². The zero-order chi connectivity index (χ0) is 18.1. The molecular formula is C18H29N5O2S. The predicted molar refractivity (Wildman–Crippen MR) is 103 cm³/mol. The molecule has 8 heteroatoms.